The van der Waals surface area contributed by atoms with Gasteiger partial charge in [0, 0.05) is 26.1 Å². The Hall–Kier alpha value is -1.88. The zero-order chi connectivity index (χ0) is 12.5. The van der Waals surface area contributed by atoms with Crippen LogP contribution in [0.1, 0.15) is 11.4 Å². The number of hydrogen-bond acceptors (Lipinski definition) is 3. The fraction of sp³-hybridized carbons (Fsp3) is 0.385. The molecule has 1 N–H and O–H groups in total. The summed E-state index contributed by atoms with van der Waals surface area (Å²) in [6.07, 6.45) is 0.800. The second kappa shape index (κ2) is 4.42. The normalized spacial score (nSPS) is 15.2. The maximum absolute atomic E-state index is 12.4. The average molecular weight is 244 g/mol. The van der Waals surface area contributed by atoms with Gasteiger partial charge in [-0.2, -0.15) is 4.68 Å². The van der Waals surface area contributed by atoms with Crippen molar-refractivity contribution in [3.05, 3.63) is 46.1 Å². The van der Waals surface area contributed by atoms with Crippen LogP contribution in [-0.2, 0) is 13.0 Å². The molecule has 0 spiro atoms. The maximum atomic E-state index is 12.4. The lowest BCUT2D eigenvalue weighted by molar-refractivity contribution is 0.621. The number of hydrogen-bond donors (Lipinski definition) is 1. The standard InChI is InChI=1S/C13H16N4O/c1-10-4-2-3-5-11(10)17-13(18)16-9-8-14-7-6-12(16)15-17/h2-5,14H,6-9H2,1H3. The summed E-state index contributed by atoms with van der Waals surface area (Å²) < 4.78 is 3.29. The summed E-state index contributed by atoms with van der Waals surface area (Å²) in [6.45, 7) is 4.39. The molecule has 0 saturated heterocycles. The minimum atomic E-state index is -0.0389. The summed E-state index contributed by atoms with van der Waals surface area (Å²) in [4.78, 5) is 12.4. The van der Waals surface area contributed by atoms with Gasteiger partial charge in [-0.25, -0.2) is 4.79 Å². The monoisotopic (exact) mass is 244 g/mol. The Labute approximate surface area is 105 Å². The van der Waals surface area contributed by atoms with Crippen LogP contribution in [0.2, 0.25) is 0 Å². The third-order valence-corrected chi connectivity index (χ3v) is 3.32. The van der Waals surface area contributed by atoms with Gasteiger partial charge in [0.25, 0.3) is 0 Å². The van der Waals surface area contributed by atoms with Gasteiger partial charge in [0.05, 0.1) is 5.69 Å². The molecule has 0 bridgehead atoms. The maximum Gasteiger partial charge on any atom is 0.350 e. The number of para-hydroxylation sites is 1. The van der Waals surface area contributed by atoms with E-state index in [1.54, 1.807) is 4.57 Å². The molecule has 0 unspecified atom stereocenters. The van der Waals surface area contributed by atoms with E-state index in [2.05, 4.69) is 10.4 Å². The van der Waals surface area contributed by atoms with Crippen LogP contribution in [0.5, 0.6) is 0 Å². The van der Waals surface area contributed by atoms with Crippen LogP contribution in [0, 0.1) is 6.92 Å². The molecule has 0 fully saturated rings. The lowest BCUT2D eigenvalue weighted by atomic mass is 10.2. The minimum absolute atomic E-state index is 0.0389. The number of benzene rings is 1. The van der Waals surface area contributed by atoms with Crippen molar-refractivity contribution in [2.45, 2.75) is 19.9 Å². The summed E-state index contributed by atoms with van der Waals surface area (Å²) in [5, 5.41) is 7.74. The van der Waals surface area contributed by atoms with Crippen LogP contribution >= 0.6 is 0 Å². The minimum Gasteiger partial charge on any atom is -0.315 e. The van der Waals surface area contributed by atoms with E-state index in [0.29, 0.717) is 6.54 Å². The van der Waals surface area contributed by atoms with Gasteiger partial charge >= 0.3 is 5.69 Å². The van der Waals surface area contributed by atoms with Gasteiger partial charge < -0.3 is 5.32 Å². The van der Waals surface area contributed by atoms with Crippen LogP contribution in [-0.4, -0.2) is 27.4 Å². The first-order valence-electron chi connectivity index (χ1n) is 6.23. The zero-order valence-corrected chi connectivity index (χ0v) is 10.4. The van der Waals surface area contributed by atoms with Gasteiger partial charge in [-0.3, -0.25) is 4.57 Å². The predicted octanol–water partition coefficient (Wildman–Crippen LogP) is 0.488. The summed E-state index contributed by atoms with van der Waals surface area (Å²) in [6, 6.07) is 7.82. The van der Waals surface area contributed by atoms with Crippen molar-refractivity contribution in [3.8, 4) is 5.69 Å². The molecule has 0 radical (unpaired) electrons. The largest absolute Gasteiger partial charge is 0.350 e. The van der Waals surface area contributed by atoms with Gasteiger partial charge in [0.1, 0.15) is 5.82 Å². The van der Waals surface area contributed by atoms with Crippen molar-refractivity contribution in [1.82, 2.24) is 19.7 Å². The van der Waals surface area contributed by atoms with Gasteiger partial charge in [0.15, 0.2) is 0 Å². The molecule has 1 aliphatic heterocycles. The molecule has 0 aliphatic carbocycles. The van der Waals surface area contributed by atoms with Gasteiger partial charge in [-0.1, -0.05) is 18.2 Å². The van der Waals surface area contributed by atoms with Crippen LogP contribution in [0.4, 0.5) is 0 Å². The first kappa shape index (κ1) is 11.2. The molecule has 2 aromatic rings. The van der Waals surface area contributed by atoms with E-state index >= 15 is 0 Å². The van der Waals surface area contributed by atoms with Crippen molar-refractivity contribution >= 4 is 0 Å². The molecule has 0 atom stereocenters. The number of fused-ring (bicyclic) bond motifs is 1. The highest BCUT2D eigenvalue weighted by molar-refractivity contribution is 5.38. The Morgan fingerprint density at radius 3 is 2.94 bits per heavy atom. The fourth-order valence-corrected chi connectivity index (χ4v) is 2.32. The van der Waals surface area contributed by atoms with E-state index in [4.69, 9.17) is 0 Å². The Balaban J connectivity index is 2.15. The molecule has 1 aromatic heterocycles. The Bertz CT molecular complexity index is 626. The van der Waals surface area contributed by atoms with Gasteiger partial charge in [-0.15, -0.1) is 5.10 Å². The van der Waals surface area contributed by atoms with Crippen LogP contribution in [0.3, 0.4) is 0 Å². The molecule has 2 heterocycles. The number of rotatable bonds is 1. The van der Waals surface area contributed by atoms with Crippen molar-refractivity contribution in [3.63, 3.8) is 0 Å². The third kappa shape index (κ3) is 1.76. The SMILES string of the molecule is Cc1ccccc1-n1nc2n(c1=O)CCNCC2. The highest BCUT2D eigenvalue weighted by atomic mass is 16.2. The average Bonchev–Trinajstić information content (AvgIpc) is 2.56. The van der Waals surface area contributed by atoms with Gasteiger partial charge in [0.2, 0.25) is 0 Å². The van der Waals surface area contributed by atoms with Gasteiger partial charge in [-0.05, 0) is 18.6 Å². The van der Waals surface area contributed by atoms with E-state index in [0.717, 1.165) is 36.6 Å². The Morgan fingerprint density at radius 2 is 2.11 bits per heavy atom. The second-order valence-corrected chi connectivity index (χ2v) is 4.55. The van der Waals surface area contributed by atoms with E-state index < -0.39 is 0 Å². The third-order valence-electron chi connectivity index (χ3n) is 3.32. The summed E-state index contributed by atoms with van der Waals surface area (Å²) >= 11 is 0. The number of aromatic nitrogens is 3. The van der Waals surface area contributed by atoms with E-state index in [1.165, 1.54) is 4.68 Å². The first-order valence-corrected chi connectivity index (χ1v) is 6.23. The topological polar surface area (TPSA) is 51.9 Å². The summed E-state index contributed by atoms with van der Waals surface area (Å²) in [7, 11) is 0. The molecule has 18 heavy (non-hydrogen) atoms. The molecule has 1 aromatic carbocycles. The fourth-order valence-electron chi connectivity index (χ4n) is 2.32. The molecule has 5 heteroatoms. The van der Waals surface area contributed by atoms with Crippen molar-refractivity contribution < 1.29 is 0 Å². The van der Waals surface area contributed by atoms with Crippen molar-refractivity contribution in [1.29, 1.82) is 0 Å². The van der Waals surface area contributed by atoms with E-state index in [1.807, 2.05) is 31.2 Å². The van der Waals surface area contributed by atoms with Crippen molar-refractivity contribution in [2.24, 2.45) is 0 Å². The Morgan fingerprint density at radius 1 is 1.28 bits per heavy atom. The lowest BCUT2D eigenvalue weighted by Crippen LogP contribution is -2.27. The molecular weight excluding hydrogens is 228 g/mol. The lowest BCUT2D eigenvalue weighted by Gasteiger charge is -2.03. The van der Waals surface area contributed by atoms with Crippen LogP contribution in [0.25, 0.3) is 5.69 Å². The number of aryl methyl sites for hydroxylation is 1. The summed E-state index contributed by atoms with van der Waals surface area (Å²) in [5.41, 5.74) is 1.89. The quantitative estimate of drug-likeness (QED) is 0.794. The van der Waals surface area contributed by atoms with E-state index in [-0.39, 0.29) is 5.69 Å². The highest BCUT2D eigenvalue weighted by Gasteiger charge is 2.16. The molecular formula is C13H16N4O. The molecule has 0 saturated carbocycles. The second-order valence-electron chi connectivity index (χ2n) is 4.55. The molecule has 5 nitrogen and oxygen atoms in total. The predicted molar refractivity (Wildman–Crippen MR) is 69.1 cm³/mol. The van der Waals surface area contributed by atoms with Crippen LogP contribution < -0.4 is 11.0 Å². The highest BCUT2D eigenvalue weighted by Crippen LogP contribution is 2.11. The van der Waals surface area contributed by atoms with Crippen LogP contribution in [0.15, 0.2) is 29.1 Å². The molecule has 0 amide bonds. The zero-order valence-electron chi connectivity index (χ0n) is 10.4. The number of nitrogens with one attached hydrogen (secondary N) is 1. The van der Waals surface area contributed by atoms with E-state index in [9.17, 15) is 4.79 Å². The first-order chi connectivity index (χ1) is 8.77. The van der Waals surface area contributed by atoms with Crippen molar-refractivity contribution in [2.75, 3.05) is 13.1 Å². The smallest absolute Gasteiger partial charge is 0.315 e. The molecule has 3 rings (SSSR count). The Kier molecular flexibility index (Phi) is 2.76. The summed E-state index contributed by atoms with van der Waals surface area (Å²) in [5.74, 6) is 0.869. The molecule has 1 aliphatic rings. The number of nitrogens with zero attached hydrogens (tertiary/aromatic N) is 3. The molecule has 94 valence electrons.